The van der Waals surface area contributed by atoms with Crippen LogP contribution in [0.5, 0.6) is 0 Å². The number of aliphatic carboxylic acids is 1. The first-order valence-electron chi connectivity index (χ1n) is 17.2. The van der Waals surface area contributed by atoms with Gasteiger partial charge in [-0.25, -0.2) is 0 Å². The second-order valence-corrected chi connectivity index (χ2v) is 14.8. The second-order valence-electron chi connectivity index (χ2n) is 14.8. The van der Waals surface area contributed by atoms with E-state index >= 15 is 0 Å². The molecule has 9 heteroatoms. The van der Waals surface area contributed by atoms with Crippen molar-refractivity contribution in [2.24, 2.45) is 29.1 Å². The van der Waals surface area contributed by atoms with Gasteiger partial charge in [0.2, 0.25) is 0 Å². The number of carbonyl (C=O) groups excluding carboxylic acids is 2. The van der Waals surface area contributed by atoms with E-state index in [0.717, 1.165) is 12.8 Å². The Balaban J connectivity index is 0.000000261. The van der Waals surface area contributed by atoms with Gasteiger partial charge in [0, 0.05) is 41.9 Å². The maximum Gasteiger partial charge on any atom is 0.310 e. The van der Waals surface area contributed by atoms with Crippen LogP contribution >= 0.6 is 0 Å². The van der Waals surface area contributed by atoms with Crippen LogP contribution < -0.4 is 0 Å². The number of carboxylic acids is 1. The predicted molar refractivity (Wildman–Crippen MR) is 171 cm³/mol. The minimum absolute atomic E-state index is 0.0615. The lowest BCUT2D eigenvalue weighted by Crippen LogP contribution is -2.65. The number of hydrogen-bond acceptors (Lipinski definition) is 8. The predicted octanol–water partition coefficient (Wildman–Crippen LogP) is 4.66. The Hall–Kier alpha value is -1.91. The molecule has 2 saturated carbocycles. The van der Waals surface area contributed by atoms with Gasteiger partial charge in [0.05, 0.1) is 18.3 Å². The van der Waals surface area contributed by atoms with E-state index in [0.29, 0.717) is 17.6 Å². The summed E-state index contributed by atoms with van der Waals surface area (Å²) < 4.78 is 0. The Kier molecular flexibility index (Phi) is 12.4. The van der Waals surface area contributed by atoms with Crippen LogP contribution in [0.25, 0.3) is 0 Å². The third-order valence-corrected chi connectivity index (χ3v) is 11.5. The van der Waals surface area contributed by atoms with Crippen molar-refractivity contribution in [1.82, 2.24) is 0 Å². The number of ketones is 2. The number of rotatable bonds is 15. The first kappa shape index (κ1) is 37.5. The highest BCUT2D eigenvalue weighted by Crippen LogP contribution is 2.74. The normalized spacial score (nSPS) is 36.0. The van der Waals surface area contributed by atoms with Crippen LogP contribution in [0.3, 0.4) is 0 Å². The van der Waals surface area contributed by atoms with Crippen molar-refractivity contribution >= 4 is 17.5 Å². The standard InChI is InChI=1S/C20H28O6.C16H30O3/c1-9-5-13-18(24,15(9)22)7-11(8-21)6-12-14-17(3,4)20(14,26)16(23)10(2)19(12,13)25;1-2-3-4-5-6-7-8-9-10-11-12-13-15(17)14-16(18)19/h5-6,10,12-14,16,21,23-26H,7-8H2,1-4H3;2-14H2,1H3,(H,18,19)/t10-,12+,13-,14-,16-,18+,19+,20+;/m1./s1. The molecule has 0 heterocycles. The second kappa shape index (κ2) is 14.9. The smallest absolute Gasteiger partial charge is 0.310 e. The largest absolute Gasteiger partial charge is 0.481 e. The van der Waals surface area contributed by atoms with Gasteiger partial charge in [0.1, 0.15) is 23.4 Å². The third kappa shape index (κ3) is 7.18. The van der Waals surface area contributed by atoms with Crippen molar-refractivity contribution in [3.05, 3.63) is 23.3 Å². The molecule has 0 bridgehead atoms. The van der Waals surface area contributed by atoms with E-state index in [9.17, 15) is 39.9 Å². The molecule has 0 aliphatic heterocycles. The van der Waals surface area contributed by atoms with Crippen molar-refractivity contribution in [1.29, 1.82) is 0 Å². The summed E-state index contributed by atoms with van der Waals surface area (Å²) in [7, 11) is 0. The number of unbranched alkanes of at least 4 members (excludes halogenated alkanes) is 10. The summed E-state index contributed by atoms with van der Waals surface area (Å²) in [4.78, 5) is 34.1. The zero-order chi connectivity index (χ0) is 33.8. The van der Waals surface area contributed by atoms with E-state index in [4.69, 9.17) is 5.11 Å². The topological polar surface area (TPSA) is 173 Å². The minimum Gasteiger partial charge on any atom is -0.481 e. The van der Waals surface area contributed by atoms with Crippen LogP contribution in [0.2, 0.25) is 0 Å². The van der Waals surface area contributed by atoms with Gasteiger partial charge in [-0.2, -0.15) is 0 Å². The van der Waals surface area contributed by atoms with E-state index in [2.05, 4.69) is 6.92 Å². The molecule has 0 radical (unpaired) electrons. The molecule has 0 unspecified atom stereocenters. The molecule has 256 valence electrons. The van der Waals surface area contributed by atoms with Gasteiger partial charge in [-0.3, -0.25) is 14.4 Å². The minimum atomic E-state index is -1.84. The lowest BCUT2D eigenvalue weighted by Gasteiger charge is -2.51. The molecule has 6 N–H and O–H groups in total. The number of carbonyl (C=O) groups is 3. The number of Topliss-reactive ketones (excluding diaryl/α,β-unsaturated/α-hetero) is 2. The van der Waals surface area contributed by atoms with Crippen LogP contribution in [0.4, 0.5) is 0 Å². The first-order valence-corrected chi connectivity index (χ1v) is 17.2. The summed E-state index contributed by atoms with van der Waals surface area (Å²) in [5.74, 6) is -4.28. The van der Waals surface area contributed by atoms with Crippen molar-refractivity contribution in [2.75, 3.05) is 6.61 Å². The zero-order valence-corrected chi connectivity index (χ0v) is 28.1. The number of carboxylic acid groups (broad SMARTS) is 1. The molecule has 0 saturated heterocycles. The van der Waals surface area contributed by atoms with Crippen LogP contribution in [0.15, 0.2) is 23.3 Å². The highest BCUT2D eigenvalue weighted by molar-refractivity contribution is 6.04. The van der Waals surface area contributed by atoms with Crippen molar-refractivity contribution in [3.8, 4) is 0 Å². The van der Waals surface area contributed by atoms with Gasteiger partial charge >= 0.3 is 5.97 Å². The Morgan fingerprint density at radius 1 is 0.911 bits per heavy atom. The molecule has 4 aliphatic rings. The molecule has 8 atom stereocenters. The Morgan fingerprint density at radius 2 is 1.44 bits per heavy atom. The average molecular weight is 635 g/mol. The summed E-state index contributed by atoms with van der Waals surface area (Å²) in [5, 5.41) is 63.4. The molecule has 4 rings (SSSR count). The first-order chi connectivity index (χ1) is 21.0. The number of aliphatic hydroxyl groups is 5. The molecule has 45 heavy (non-hydrogen) atoms. The van der Waals surface area contributed by atoms with Crippen LogP contribution in [0.1, 0.15) is 125 Å². The lowest BCUT2D eigenvalue weighted by atomic mass is 9.59. The maximum atomic E-state index is 12.7. The van der Waals surface area contributed by atoms with Gasteiger partial charge in [0.15, 0.2) is 5.78 Å². The summed E-state index contributed by atoms with van der Waals surface area (Å²) in [6.07, 6.45) is 16.0. The fourth-order valence-electron chi connectivity index (χ4n) is 8.69. The summed E-state index contributed by atoms with van der Waals surface area (Å²) in [6, 6.07) is 0. The molecule has 4 aliphatic carbocycles. The van der Waals surface area contributed by atoms with E-state index in [1.54, 1.807) is 26.0 Å². The zero-order valence-electron chi connectivity index (χ0n) is 28.1. The molecule has 0 spiro atoms. The van der Waals surface area contributed by atoms with Crippen LogP contribution in [-0.2, 0) is 14.4 Å². The molecular weight excluding hydrogens is 576 g/mol. The molecular formula is C36H58O9. The average Bonchev–Trinajstić information content (AvgIpc) is 3.38. The Bertz CT molecular complexity index is 1140. The Labute approximate surface area is 268 Å². The lowest BCUT2D eigenvalue weighted by molar-refractivity contribution is -0.209. The van der Waals surface area contributed by atoms with Gasteiger partial charge < -0.3 is 30.6 Å². The van der Waals surface area contributed by atoms with Gasteiger partial charge in [-0.05, 0) is 24.5 Å². The van der Waals surface area contributed by atoms with Gasteiger partial charge in [-0.15, -0.1) is 0 Å². The number of hydrogen-bond donors (Lipinski definition) is 6. The van der Waals surface area contributed by atoms with Crippen molar-refractivity contribution in [3.63, 3.8) is 0 Å². The highest BCUT2D eigenvalue weighted by atomic mass is 16.4. The molecule has 0 aromatic rings. The summed E-state index contributed by atoms with van der Waals surface area (Å²) >= 11 is 0. The molecule has 0 amide bonds. The van der Waals surface area contributed by atoms with E-state index in [1.165, 1.54) is 57.8 Å². The molecule has 0 aromatic heterocycles. The van der Waals surface area contributed by atoms with Crippen LogP contribution in [0, 0.1) is 29.1 Å². The fourth-order valence-corrected chi connectivity index (χ4v) is 8.69. The summed E-state index contributed by atoms with van der Waals surface area (Å²) in [6.45, 7) is 8.87. The summed E-state index contributed by atoms with van der Waals surface area (Å²) in [5.41, 5.74) is -4.57. The molecule has 0 aromatic carbocycles. The highest BCUT2D eigenvalue weighted by Gasteiger charge is 2.84. The quantitative estimate of drug-likeness (QED) is 0.0851. The third-order valence-electron chi connectivity index (χ3n) is 11.5. The van der Waals surface area contributed by atoms with Crippen LogP contribution in [-0.4, -0.2) is 77.7 Å². The van der Waals surface area contributed by atoms with Gasteiger partial charge in [-0.1, -0.05) is 104 Å². The monoisotopic (exact) mass is 634 g/mol. The van der Waals surface area contributed by atoms with E-state index in [-0.39, 0.29) is 25.2 Å². The Morgan fingerprint density at radius 3 is 1.96 bits per heavy atom. The maximum absolute atomic E-state index is 12.7. The number of fused-ring (bicyclic) bond motifs is 5. The molecule has 9 nitrogen and oxygen atoms in total. The SMILES string of the molecule is CC1=C[C@H]2[C@]3(O)[C@H](C)[C@@H](O)[C@@]4(O)[C@H]([C@@H]3C=C(CO)C[C@@]2(O)C1=O)C4(C)C.CCCCCCCCCCCCCC(=O)CC(=O)O. The number of aliphatic hydroxyl groups excluding tert-OH is 2. The van der Waals surface area contributed by atoms with E-state index < -0.39 is 63.7 Å². The van der Waals surface area contributed by atoms with E-state index in [1.807, 2.05) is 13.8 Å². The van der Waals surface area contributed by atoms with Crippen molar-refractivity contribution in [2.45, 2.75) is 147 Å². The van der Waals surface area contributed by atoms with Crippen molar-refractivity contribution < 1.29 is 45.0 Å². The van der Waals surface area contributed by atoms with Gasteiger partial charge in [0.25, 0.3) is 0 Å². The fraction of sp³-hybridized carbons (Fsp3) is 0.806. The molecule has 2 fully saturated rings.